The number of carbonyl (C=O) groups excluding carboxylic acids is 1. The molecule has 6 nitrogen and oxygen atoms in total. The minimum absolute atomic E-state index is 0.0660. The van der Waals surface area contributed by atoms with Crippen LogP contribution < -0.4 is 14.8 Å². The van der Waals surface area contributed by atoms with Gasteiger partial charge in [0.15, 0.2) is 11.5 Å². The molecule has 0 bridgehead atoms. The molecule has 1 N–H and O–H groups in total. The Hall–Kier alpha value is -1.95. The van der Waals surface area contributed by atoms with Crippen LogP contribution in [0.4, 0.5) is 10.5 Å². The van der Waals surface area contributed by atoms with E-state index >= 15 is 0 Å². The van der Waals surface area contributed by atoms with E-state index in [9.17, 15) is 4.79 Å². The van der Waals surface area contributed by atoms with Gasteiger partial charge in [0.1, 0.15) is 0 Å². The first-order chi connectivity index (χ1) is 11.2. The number of nitrogens with zero attached hydrogens (tertiary/aromatic N) is 1. The van der Waals surface area contributed by atoms with Crippen LogP contribution >= 0.6 is 0 Å². The summed E-state index contributed by atoms with van der Waals surface area (Å²) in [4.78, 5) is 14.6. The van der Waals surface area contributed by atoms with Crippen LogP contribution in [0.5, 0.6) is 11.5 Å². The number of hydrogen-bond acceptors (Lipinski definition) is 4. The molecule has 2 fully saturated rings. The molecule has 0 aromatic heterocycles. The number of carbonyl (C=O) groups is 1. The summed E-state index contributed by atoms with van der Waals surface area (Å²) in [5, 5.41) is 3.02. The highest BCUT2D eigenvalue weighted by Crippen LogP contribution is 2.43. The average molecular weight is 318 g/mol. The molecule has 0 radical (unpaired) electrons. The van der Waals surface area contributed by atoms with Crippen molar-refractivity contribution in [3.05, 3.63) is 17.7 Å². The molecule has 2 aliphatic heterocycles. The number of amides is 2. The summed E-state index contributed by atoms with van der Waals surface area (Å²) >= 11 is 0. The molecule has 23 heavy (non-hydrogen) atoms. The third-order valence-corrected chi connectivity index (χ3v) is 5.10. The van der Waals surface area contributed by atoms with Crippen molar-refractivity contribution in [1.29, 1.82) is 0 Å². The summed E-state index contributed by atoms with van der Waals surface area (Å²) < 4.78 is 16.5. The first kappa shape index (κ1) is 14.6. The van der Waals surface area contributed by atoms with Crippen LogP contribution in [-0.4, -0.2) is 44.0 Å². The van der Waals surface area contributed by atoms with E-state index in [2.05, 4.69) is 5.32 Å². The predicted octanol–water partition coefficient (Wildman–Crippen LogP) is 2.76. The van der Waals surface area contributed by atoms with Crippen LogP contribution in [0.3, 0.4) is 0 Å². The lowest BCUT2D eigenvalue weighted by Gasteiger charge is -2.42. The maximum Gasteiger partial charge on any atom is 0.321 e. The van der Waals surface area contributed by atoms with E-state index in [4.69, 9.17) is 14.2 Å². The maximum absolute atomic E-state index is 12.7. The van der Waals surface area contributed by atoms with Gasteiger partial charge in [-0.05, 0) is 31.4 Å². The minimum atomic E-state index is -0.0660. The Morgan fingerprint density at radius 1 is 1.26 bits per heavy atom. The Kier molecular flexibility index (Phi) is 3.56. The summed E-state index contributed by atoms with van der Waals surface area (Å²) in [5.74, 6) is 1.41. The van der Waals surface area contributed by atoms with Gasteiger partial charge >= 0.3 is 6.03 Å². The van der Waals surface area contributed by atoms with Crippen LogP contribution in [0.15, 0.2) is 12.1 Å². The Balaban J connectivity index is 1.49. The highest BCUT2D eigenvalue weighted by atomic mass is 16.7. The fraction of sp³-hybridized carbons (Fsp3) is 0.588. The van der Waals surface area contributed by atoms with Gasteiger partial charge in [-0.15, -0.1) is 0 Å². The number of benzene rings is 1. The monoisotopic (exact) mass is 318 g/mol. The number of anilines is 1. The Labute approximate surface area is 135 Å². The average Bonchev–Trinajstić information content (AvgIpc) is 2.81. The van der Waals surface area contributed by atoms with Crippen molar-refractivity contribution in [3.63, 3.8) is 0 Å². The number of rotatable bonds is 1. The lowest BCUT2D eigenvalue weighted by Crippen LogP contribution is -2.46. The topological polar surface area (TPSA) is 60.0 Å². The van der Waals surface area contributed by atoms with E-state index in [1.165, 1.54) is 6.42 Å². The molecule has 124 valence electrons. The normalized spacial score (nSPS) is 21.7. The third-order valence-electron chi connectivity index (χ3n) is 5.10. The first-order valence-corrected chi connectivity index (χ1v) is 8.19. The molecule has 2 amide bonds. The molecule has 1 aromatic rings. The number of hydrogen-bond donors (Lipinski definition) is 1. The number of fused-ring (bicyclic) bond motifs is 1. The third kappa shape index (κ3) is 2.72. The number of aryl methyl sites for hydroxylation is 1. The Morgan fingerprint density at radius 3 is 2.78 bits per heavy atom. The quantitative estimate of drug-likeness (QED) is 0.865. The van der Waals surface area contributed by atoms with Gasteiger partial charge in [-0.2, -0.15) is 0 Å². The zero-order valence-electron chi connectivity index (χ0n) is 13.4. The van der Waals surface area contributed by atoms with Crippen LogP contribution in [0.2, 0.25) is 0 Å². The summed E-state index contributed by atoms with van der Waals surface area (Å²) in [6, 6.07) is 3.67. The van der Waals surface area contributed by atoms with Crippen molar-refractivity contribution >= 4 is 11.7 Å². The second kappa shape index (κ2) is 5.60. The van der Waals surface area contributed by atoms with Gasteiger partial charge in [0.25, 0.3) is 0 Å². The molecule has 1 spiro atoms. The van der Waals surface area contributed by atoms with E-state index in [0.29, 0.717) is 18.9 Å². The van der Waals surface area contributed by atoms with Crippen molar-refractivity contribution in [2.45, 2.75) is 26.2 Å². The predicted molar refractivity (Wildman–Crippen MR) is 85.0 cm³/mol. The molecule has 1 saturated heterocycles. The van der Waals surface area contributed by atoms with Gasteiger partial charge in [-0.3, -0.25) is 0 Å². The highest BCUT2D eigenvalue weighted by molar-refractivity contribution is 5.90. The minimum Gasteiger partial charge on any atom is -0.454 e. The van der Waals surface area contributed by atoms with Crippen molar-refractivity contribution in [3.8, 4) is 11.5 Å². The lowest BCUT2D eigenvalue weighted by molar-refractivity contribution is 0.0130. The maximum atomic E-state index is 12.7. The zero-order chi connectivity index (χ0) is 15.9. The lowest BCUT2D eigenvalue weighted by atomic mass is 9.69. The second-order valence-corrected chi connectivity index (χ2v) is 6.78. The van der Waals surface area contributed by atoms with Crippen molar-refractivity contribution in [2.24, 2.45) is 5.41 Å². The number of ether oxygens (including phenoxy) is 3. The van der Waals surface area contributed by atoms with Crippen LogP contribution in [-0.2, 0) is 4.74 Å². The molecule has 3 aliphatic rings. The smallest absolute Gasteiger partial charge is 0.321 e. The summed E-state index contributed by atoms with van der Waals surface area (Å²) in [7, 11) is 0. The zero-order valence-corrected chi connectivity index (χ0v) is 13.4. The van der Waals surface area contributed by atoms with Crippen LogP contribution in [0.25, 0.3) is 0 Å². The first-order valence-electron chi connectivity index (χ1n) is 8.19. The van der Waals surface area contributed by atoms with E-state index in [1.54, 1.807) is 0 Å². The molecule has 1 saturated carbocycles. The van der Waals surface area contributed by atoms with Gasteiger partial charge in [0, 0.05) is 30.3 Å². The van der Waals surface area contributed by atoms with Crippen LogP contribution in [0.1, 0.15) is 24.8 Å². The SMILES string of the molecule is Cc1cc2c(cc1NC(=O)N1CCOCC3(CCC3)C1)OCO2. The molecule has 1 aromatic carbocycles. The largest absolute Gasteiger partial charge is 0.454 e. The summed E-state index contributed by atoms with van der Waals surface area (Å²) in [5.41, 5.74) is 1.91. The molecule has 0 atom stereocenters. The van der Waals surface area contributed by atoms with Gasteiger partial charge in [0.05, 0.1) is 13.2 Å². The summed E-state index contributed by atoms with van der Waals surface area (Å²) in [6.07, 6.45) is 3.54. The standard InChI is InChI=1S/C17H22N2O4/c1-12-7-14-15(23-11-22-14)8-13(12)18-16(20)19-5-6-21-10-17(9-19)3-2-4-17/h7-8H,2-6,9-11H2,1H3,(H,18,20). The van der Waals surface area contributed by atoms with Crippen molar-refractivity contribution in [1.82, 2.24) is 4.90 Å². The van der Waals surface area contributed by atoms with E-state index < -0.39 is 0 Å². The van der Waals surface area contributed by atoms with Gasteiger partial charge in [0.2, 0.25) is 6.79 Å². The van der Waals surface area contributed by atoms with Gasteiger partial charge in [-0.1, -0.05) is 6.42 Å². The fourth-order valence-electron chi connectivity index (χ4n) is 3.52. The Morgan fingerprint density at radius 2 is 2.04 bits per heavy atom. The summed E-state index contributed by atoms with van der Waals surface area (Å²) in [6.45, 7) is 4.99. The van der Waals surface area contributed by atoms with Gasteiger partial charge in [-0.25, -0.2) is 4.79 Å². The van der Waals surface area contributed by atoms with Gasteiger partial charge < -0.3 is 24.4 Å². The Bertz CT molecular complexity index is 627. The van der Waals surface area contributed by atoms with E-state index in [0.717, 1.165) is 43.0 Å². The van der Waals surface area contributed by atoms with Crippen molar-refractivity contribution < 1.29 is 19.0 Å². The molecule has 4 rings (SSSR count). The van der Waals surface area contributed by atoms with E-state index in [-0.39, 0.29) is 18.2 Å². The second-order valence-electron chi connectivity index (χ2n) is 6.78. The molecule has 2 heterocycles. The highest BCUT2D eigenvalue weighted by Gasteiger charge is 2.41. The molecular weight excluding hydrogens is 296 g/mol. The van der Waals surface area contributed by atoms with Crippen molar-refractivity contribution in [2.75, 3.05) is 38.4 Å². The molecular formula is C17H22N2O4. The number of nitrogens with one attached hydrogen (secondary N) is 1. The van der Waals surface area contributed by atoms with E-state index in [1.807, 2.05) is 24.0 Å². The molecule has 0 unspecified atom stereocenters. The van der Waals surface area contributed by atoms with Crippen LogP contribution in [0, 0.1) is 12.3 Å². The number of urea groups is 1. The molecule has 6 heteroatoms. The fourth-order valence-corrected chi connectivity index (χ4v) is 3.52. The molecule has 1 aliphatic carbocycles.